The topological polar surface area (TPSA) is 108 Å². The molecule has 0 heterocycles. The van der Waals surface area contributed by atoms with Gasteiger partial charge in [0.15, 0.2) is 12.7 Å². The summed E-state index contributed by atoms with van der Waals surface area (Å²) < 4.78 is 23.5. The van der Waals surface area contributed by atoms with Crippen LogP contribution in [0.1, 0.15) is 12.5 Å². The van der Waals surface area contributed by atoms with Crippen LogP contribution in [0.5, 0.6) is 5.75 Å². The number of nitrogens with zero attached hydrogens (tertiary/aromatic N) is 1. The van der Waals surface area contributed by atoms with Crippen LogP contribution in [0.2, 0.25) is 5.02 Å². The van der Waals surface area contributed by atoms with Gasteiger partial charge in [0.05, 0.1) is 4.92 Å². The lowest BCUT2D eigenvalue weighted by Crippen LogP contribution is -2.31. The highest BCUT2D eigenvalue weighted by atomic mass is 35.5. The van der Waals surface area contributed by atoms with Crippen molar-refractivity contribution in [3.05, 3.63) is 62.9 Å². The third kappa shape index (κ3) is 5.65. The minimum Gasteiger partial charge on any atom is -0.482 e. The van der Waals surface area contributed by atoms with Gasteiger partial charge in [-0.2, -0.15) is 4.39 Å². The summed E-state index contributed by atoms with van der Waals surface area (Å²) in [6, 6.07) is 7.73. The molecule has 0 radical (unpaired) electrons. The number of hydrogen-bond donors (Lipinski definition) is 1. The molecule has 0 aromatic heterocycles. The predicted molar refractivity (Wildman–Crippen MR) is 98.9 cm³/mol. The van der Waals surface area contributed by atoms with Crippen LogP contribution >= 0.6 is 11.6 Å². The number of hydrogen-bond acceptors (Lipinski definition) is 6. The third-order valence-corrected chi connectivity index (χ3v) is 4.00. The van der Waals surface area contributed by atoms with Gasteiger partial charge in [-0.15, -0.1) is 0 Å². The van der Waals surface area contributed by atoms with Crippen molar-refractivity contribution in [2.75, 3.05) is 11.9 Å². The minimum atomic E-state index is -1.20. The van der Waals surface area contributed by atoms with E-state index in [2.05, 4.69) is 5.32 Å². The molecule has 1 atom stereocenters. The fourth-order valence-electron chi connectivity index (χ4n) is 2.11. The fraction of sp³-hybridized carbons (Fsp3) is 0.222. The van der Waals surface area contributed by atoms with Gasteiger partial charge in [0.25, 0.3) is 5.91 Å². The standard InChI is InChI=1S/C18H16ClFN2O6/c1-10-7-13(4-5-14(10)19)27-9-17(23)28-11(2)18(24)21-12-3-6-15(20)16(8-12)22(25)26/h3-8,11H,9H2,1-2H3,(H,21,24)/t11-/m1/s1. The van der Waals surface area contributed by atoms with E-state index in [4.69, 9.17) is 21.1 Å². The Morgan fingerprint density at radius 3 is 2.64 bits per heavy atom. The first-order chi connectivity index (χ1) is 13.2. The molecule has 2 rings (SSSR count). The zero-order valence-corrected chi connectivity index (χ0v) is 15.7. The summed E-state index contributed by atoms with van der Waals surface area (Å²) in [4.78, 5) is 33.7. The van der Waals surface area contributed by atoms with E-state index >= 15 is 0 Å². The Morgan fingerprint density at radius 2 is 2.00 bits per heavy atom. The van der Waals surface area contributed by atoms with Gasteiger partial charge in [0.1, 0.15) is 5.75 Å². The molecular formula is C18H16ClFN2O6. The number of esters is 1. The summed E-state index contributed by atoms with van der Waals surface area (Å²) >= 11 is 5.90. The van der Waals surface area contributed by atoms with Crippen molar-refractivity contribution in [2.24, 2.45) is 0 Å². The van der Waals surface area contributed by atoms with Crippen molar-refractivity contribution >= 4 is 34.9 Å². The van der Waals surface area contributed by atoms with Crippen LogP contribution < -0.4 is 10.1 Å². The van der Waals surface area contributed by atoms with Crippen molar-refractivity contribution in [1.82, 2.24) is 0 Å². The van der Waals surface area contributed by atoms with Crippen molar-refractivity contribution in [1.29, 1.82) is 0 Å². The molecule has 2 aromatic rings. The molecule has 0 saturated carbocycles. The molecule has 0 aliphatic heterocycles. The number of aryl methyl sites for hydroxylation is 1. The molecule has 2 aromatic carbocycles. The van der Waals surface area contributed by atoms with Gasteiger partial charge in [0, 0.05) is 16.8 Å². The number of nitro groups is 1. The average Bonchev–Trinajstić information content (AvgIpc) is 2.64. The lowest BCUT2D eigenvalue weighted by atomic mass is 10.2. The highest BCUT2D eigenvalue weighted by molar-refractivity contribution is 6.31. The monoisotopic (exact) mass is 410 g/mol. The second-order valence-corrected chi connectivity index (χ2v) is 6.15. The van der Waals surface area contributed by atoms with E-state index in [1.54, 1.807) is 25.1 Å². The molecular weight excluding hydrogens is 395 g/mol. The lowest BCUT2D eigenvalue weighted by molar-refractivity contribution is -0.387. The highest BCUT2D eigenvalue weighted by Gasteiger charge is 2.20. The molecule has 0 saturated heterocycles. The Morgan fingerprint density at radius 1 is 1.29 bits per heavy atom. The van der Waals surface area contributed by atoms with E-state index < -0.39 is 41.0 Å². The number of ether oxygens (including phenoxy) is 2. The molecule has 0 aliphatic carbocycles. The van der Waals surface area contributed by atoms with Crippen molar-refractivity contribution < 1.29 is 28.4 Å². The molecule has 0 spiro atoms. The molecule has 8 nitrogen and oxygen atoms in total. The Bertz CT molecular complexity index is 921. The van der Waals surface area contributed by atoms with Gasteiger partial charge in [-0.05, 0) is 49.7 Å². The van der Waals surface area contributed by atoms with Crippen molar-refractivity contribution in [2.45, 2.75) is 20.0 Å². The van der Waals surface area contributed by atoms with Crippen LogP contribution in [0, 0.1) is 22.9 Å². The zero-order chi connectivity index (χ0) is 20.8. The minimum absolute atomic E-state index is 0.00566. The molecule has 0 bridgehead atoms. The van der Waals surface area contributed by atoms with Crippen LogP contribution in [-0.4, -0.2) is 29.5 Å². The predicted octanol–water partition coefficient (Wildman–Crippen LogP) is 3.64. The first-order valence-electron chi connectivity index (χ1n) is 8.00. The summed E-state index contributed by atoms with van der Waals surface area (Å²) in [7, 11) is 0. The van der Waals surface area contributed by atoms with Crippen LogP contribution in [0.4, 0.5) is 15.8 Å². The zero-order valence-electron chi connectivity index (χ0n) is 14.9. The maximum absolute atomic E-state index is 13.3. The molecule has 148 valence electrons. The molecule has 10 heteroatoms. The SMILES string of the molecule is Cc1cc(OCC(=O)O[C@H](C)C(=O)Nc2ccc(F)c([N+](=O)[O-])c2)ccc1Cl. The van der Waals surface area contributed by atoms with Gasteiger partial charge in [-0.25, -0.2) is 4.79 Å². The van der Waals surface area contributed by atoms with E-state index in [1.165, 1.54) is 6.92 Å². The van der Waals surface area contributed by atoms with Gasteiger partial charge >= 0.3 is 11.7 Å². The van der Waals surface area contributed by atoms with E-state index in [0.29, 0.717) is 10.8 Å². The first kappa shape index (κ1) is 21.1. The second kappa shape index (κ2) is 9.14. The van der Waals surface area contributed by atoms with Gasteiger partial charge < -0.3 is 14.8 Å². The number of halogens is 2. The number of nitrogens with one attached hydrogen (secondary N) is 1. The third-order valence-electron chi connectivity index (χ3n) is 3.57. The normalized spacial score (nSPS) is 11.4. The van der Waals surface area contributed by atoms with E-state index in [-0.39, 0.29) is 5.69 Å². The van der Waals surface area contributed by atoms with Gasteiger partial charge in [0.2, 0.25) is 5.82 Å². The summed E-state index contributed by atoms with van der Waals surface area (Å²) in [5, 5.41) is 13.6. The van der Waals surface area contributed by atoms with Crippen molar-refractivity contribution in [3.8, 4) is 5.75 Å². The number of amides is 1. The molecule has 1 N–H and O–H groups in total. The smallest absolute Gasteiger partial charge is 0.344 e. The van der Waals surface area contributed by atoms with Gasteiger partial charge in [-0.3, -0.25) is 14.9 Å². The molecule has 0 unspecified atom stereocenters. The number of benzene rings is 2. The number of rotatable bonds is 7. The number of anilines is 1. The largest absolute Gasteiger partial charge is 0.482 e. The second-order valence-electron chi connectivity index (χ2n) is 5.74. The fourth-order valence-corrected chi connectivity index (χ4v) is 2.23. The number of carbonyl (C=O) groups is 2. The Balaban J connectivity index is 1.89. The molecule has 1 amide bonds. The first-order valence-corrected chi connectivity index (χ1v) is 8.38. The highest BCUT2D eigenvalue weighted by Crippen LogP contribution is 2.22. The average molecular weight is 411 g/mol. The van der Waals surface area contributed by atoms with Crippen LogP contribution in [0.3, 0.4) is 0 Å². The maximum Gasteiger partial charge on any atom is 0.344 e. The lowest BCUT2D eigenvalue weighted by Gasteiger charge is -2.14. The Hall–Kier alpha value is -3.20. The Kier molecular flexibility index (Phi) is 6.89. The molecule has 0 fully saturated rings. The maximum atomic E-state index is 13.3. The molecule has 0 aliphatic rings. The van der Waals surface area contributed by atoms with Crippen LogP contribution in [0.25, 0.3) is 0 Å². The van der Waals surface area contributed by atoms with E-state index in [1.807, 2.05) is 0 Å². The summed E-state index contributed by atoms with van der Waals surface area (Å²) in [5.74, 6) is -2.15. The van der Waals surface area contributed by atoms with Gasteiger partial charge in [-0.1, -0.05) is 11.6 Å². The van der Waals surface area contributed by atoms with E-state index in [9.17, 15) is 24.1 Å². The Labute approximate surface area is 164 Å². The van der Waals surface area contributed by atoms with Crippen molar-refractivity contribution in [3.63, 3.8) is 0 Å². The summed E-state index contributed by atoms with van der Waals surface area (Å²) in [6.07, 6.45) is -1.20. The quantitative estimate of drug-likeness (QED) is 0.424. The number of carbonyl (C=O) groups excluding carboxylic acids is 2. The van der Waals surface area contributed by atoms with E-state index in [0.717, 1.165) is 23.8 Å². The summed E-state index contributed by atoms with van der Waals surface area (Å²) in [6.45, 7) is 2.66. The van der Waals surface area contributed by atoms with Crippen LogP contribution in [-0.2, 0) is 14.3 Å². The summed E-state index contributed by atoms with van der Waals surface area (Å²) in [5.41, 5.74) is -0.0170. The molecule has 28 heavy (non-hydrogen) atoms. The number of nitro benzene ring substituents is 1. The van der Waals surface area contributed by atoms with Crippen LogP contribution in [0.15, 0.2) is 36.4 Å².